The predicted molar refractivity (Wildman–Crippen MR) is 128 cm³/mol. The Morgan fingerprint density at radius 1 is 1.17 bits per heavy atom. The summed E-state index contributed by atoms with van der Waals surface area (Å²) >= 11 is 6.12. The quantitative estimate of drug-likeness (QED) is 0.495. The molecule has 9 nitrogen and oxygen atoms in total. The summed E-state index contributed by atoms with van der Waals surface area (Å²) in [5.41, 5.74) is -0.274. The number of halogens is 3. The zero-order chi connectivity index (χ0) is 25.5. The van der Waals surface area contributed by atoms with E-state index in [1.165, 1.54) is 23.3 Å². The van der Waals surface area contributed by atoms with Crippen LogP contribution >= 0.6 is 11.6 Å². The first-order valence-electron chi connectivity index (χ1n) is 11.1. The van der Waals surface area contributed by atoms with Crippen LogP contribution in [0.25, 0.3) is 16.9 Å². The van der Waals surface area contributed by atoms with Gasteiger partial charge in [-0.2, -0.15) is 8.78 Å². The van der Waals surface area contributed by atoms with Crippen LogP contribution in [0.4, 0.5) is 19.4 Å². The molecule has 35 heavy (non-hydrogen) atoms. The van der Waals surface area contributed by atoms with Crippen molar-refractivity contribution in [2.24, 2.45) is 0 Å². The zero-order valence-corrected chi connectivity index (χ0v) is 20.8. The number of amides is 1. The van der Waals surface area contributed by atoms with Gasteiger partial charge in [0.1, 0.15) is 29.0 Å². The van der Waals surface area contributed by atoms with Gasteiger partial charge in [0.25, 0.3) is 0 Å². The molecule has 0 bridgehead atoms. The molecule has 0 unspecified atom stereocenters. The number of piperazine rings is 1. The van der Waals surface area contributed by atoms with Gasteiger partial charge in [-0.3, -0.25) is 4.57 Å². The summed E-state index contributed by atoms with van der Waals surface area (Å²) in [5, 5.41) is 0.752. The van der Waals surface area contributed by atoms with Crippen LogP contribution in [0.15, 0.2) is 30.9 Å². The Morgan fingerprint density at radius 3 is 2.57 bits per heavy atom. The lowest BCUT2D eigenvalue weighted by molar-refractivity contribution is -0.0488. The average Bonchev–Trinajstić information content (AvgIpc) is 3.12. The highest BCUT2D eigenvalue weighted by molar-refractivity contribution is 6.30. The van der Waals surface area contributed by atoms with Crippen molar-refractivity contribution >= 4 is 34.5 Å². The van der Waals surface area contributed by atoms with E-state index in [2.05, 4.69) is 15.0 Å². The second-order valence-corrected chi connectivity index (χ2v) is 9.89. The van der Waals surface area contributed by atoms with Crippen molar-refractivity contribution in [3.63, 3.8) is 0 Å². The van der Waals surface area contributed by atoms with E-state index in [0.717, 1.165) is 0 Å². The molecule has 0 spiro atoms. The van der Waals surface area contributed by atoms with Crippen molar-refractivity contribution < 1.29 is 23.0 Å². The summed E-state index contributed by atoms with van der Waals surface area (Å²) in [7, 11) is 0. The summed E-state index contributed by atoms with van der Waals surface area (Å²) in [6.45, 7) is 7.00. The van der Waals surface area contributed by atoms with Crippen molar-refractivity contribution in [3.05, 3.63) is 35.9 Å². The molecular weight excluding hydrogens is 482 g/mol. The SMILES string of the molecule is C[C@@H]1CN(c2ncnc3c2c(OC(F)F)cn3-c2cc(Cl)ccn2)[C@@H](C)CN1C(=O)OC(C)(C)C. The lowest BCUT2D eigenvalue weighted by Gasteiger charge is -2.44. The predicted octanol–water partition coefficient (Wildman–Crippen LogP) is 4.90. The fourth-order valence-corrected chi connectivity index (χ4v) is 4.27. The fourth-order valence-electron chi connectivity index (χ4n) is 4.11. The monoisotopic (exact) mass is 508 g/mol. The molecule has 3 aromatic heterocycles. The third-order valence-electron chi connectivity index (χ3n) is 5.58. The van der Waals surface area contributed by atoms with Crippen molar-refractivity contribution in [2.75, 3.05) is 18.0 Å². The van der Waals surface area contributed by atoms with Crippen molar-refractivity contribution in [2.45, 2.75) is 58.9 Å². The first-order valence-corrected chi connectivity index (χ1v) is 11.5. The number of anilines is 1. The Morgan fingerprint density at radius 2 is 1.91 bits per heavy atom. The second kappa shape index (κ2) is 9.44. The number of aromatic nitrogens is 4. The number of pyridine rings is 1. The summed E-state index contributed by atoms with van der Waals surface area (Å²) in [6, 6.07) is 2.80. The second-order valence-electron chi connectivity index (χ2n) is 9.45. The van der Waals surface area contributed by atoms with Crippen LogP contribution in [0.1, 0.15) is 34.6 Å². The maximum Gasteiger partial charge on any atom is 0.410 e. The van der Waals surface area contributed by atoms with E-state index in [0.29, 0.717) is 40.8 Å². The average molecular weight is 509 g/mol. The minimum absolute atomic E-state index is 0.0817. The molecule has 4 rings (SSSR count). The van der Waals surface area contributed by atoms with Crippen LogP contribution in [-0.2, 0) is 4.74 Å². The third-order valence-corrected chi connectivity index (χ3v) is 5.82. The summed E-state index contributed by atoms with van der Waals surface area (Å²) in [5.74, 6) is 0.740. The molecule has 2 atom stereocenters. The van der Waals surface area contributed by atoms with Crippen molar-refractivity contribution in [3.8, 4) is 11.6 Å². The Hall–Kier alpha value is -3.21. The van der Waals surface area contributed by atoms with E-state index in [1.54, 1.807) is 17.0 Å². The Balaban J connectivity index is 1.75. The summed E-state index contributed by atoms with van der Waals surface area (Å²) in [6.07, 6.45) is 3.88. The highest BCUT2D eigenvalue weighted by Crippen LogP contribution is 2.38. The van der Waals surface area contributed by atoms with Gasteiger partial charge < -0.3 is 19.3 Å². The summed E-state index contributed by atoms with van der Waals surface area (Å²) < 4.78 is 38.6. The van der Waals surface area contributed by atoms with Gasteiger partial charge in [0.15, 0.2) is 11.4 Å². The van der Waals surface area contributed by atoms with Crippen LogP contribution in [0, 0.1) is 0 Å². The number of ether oxygens (including phenoxy) is 2. The number of carbonyl (C=O) groups is 1. The number of hydrogen-bond acceptors (Lipinski definition) is 7. The minimum Gasteiger partial charge on any atom is -0.444 e. The molecule has 188 valence electrons. The molecule has 1 fully saturated rings. The lowest BCUT2D eigenvalue weighted by atomic mass is 10.1. The van der Waals surface area contributed by atoms with Gasteiger partial charge >= 0.3 is 12.7 Å². The Labute approximate surface area is 206 Å². The number of nitrogens with zero attached hydrogens (tertiary/aromatic N) is 6. The molecule has 1 aliphatic rings. The van der Waals surface area contributed by atoms with Crippen LogP contribution in [0.5, 0.6) is 5.75 Å². The maximum atomic E-state index is 13.3. The molecule has 0 saturated carbocycles. The molecule has 3 aromatic rings. The molecule has 0 aromatic carbocycles. The number of hydrogen-bond donors (Lipinski definition) is 0. The van der Waals surface area contributed by atoms with Gasteiger partial charge in [-0.05, 0) is 40.7 Å². The molecule has 1 aliphatic heterocycles. The fraction of sp³-hybridized carbons (Fsp3) is 0.478. The molecule has 4 heterocycles. The smallest absolute Gasteiger partial charge is 0.410 e. The molecule has 12 heteroatoms. The van der Waals surface area contributed by atoms with Gasteiger partial charge in [-0.25, -0.2) is 19.7 Å². The largest absolute Gasteiger partial charge is 0.444 e. The zero-order valence-electron chi connectivity index (χ0n) is 20.1. The molecule has 0 radical (unpaired) electrons. The minimum atomic E-state index is -3.05. The highest BCUT2D eigenvalue weighted by atomic mass is 35.5. The van der Waals surface area contributed by atoms with Gasteiger partial charge in [0.05, 0.1) is 6.20 Å². The maximum absolute atomic E-state index is 13.3. The van der Waals surface area contributed by atoms with E-state index < -0.39 is 18.3 Å². The normalized spacial score (nSPS) is 18.9. The van der Waals surface area contributed by atoms with Crippen molar-refractivity contribution in [1.29, 1.82) is 0 Å². The molecule has 1 amide bonds. The van der Waals surface area contributed by atoms with Gasteiger partial charge in [0, 0.05) is 42.5 Å². The number of rotatable bonds is 4. The molecular formula is C23H27ClF2N6O3. The summed E-state index contributed by atoms with van der Waals surface area (Å²) in [4.78, 5) is 29.4. The van der Waals surface area contributed by atoms with Gasteiger partial charge in [-0.1, -0.05) is 11.6 Å². The molecule has 0 N–H and O–H groups in total. The van der Waals surface area contributed by atoms with Crippen molar-refractivity contribution in [1.82, 2.24) is 24.4 Å². The number of alkyl halides is 2. The van der Waals surface area contributed by atoms with E-state index in [-0.39, 0.29) is 17.8 Å². The van der Waals surface area contributed by atoms with E-state index in [4.69, 9.17) is 21.1 Å². The molecule has 1 saturated heterocycles. The van der Waals surface area contributed by atoms with Crippen LogP contribution < -0.4 is 9.64 Å². The van der Waals surface area contributed by atoms with E-state index in [1.807, 2.05) is 39.5 Å². The van der Waals surface area contributed by atoms with Gasteiger partial charge in [0.2, 0.25) is 0 Å². The third kappa shape index (κ3) is 5.24. The van der Waals surface area contributed by atoms with Crippen LogP contribution in [-0.4, -0.2) is 67.9 Å². The highest BCUT2D eigenvalue weighted by Gasteiger charge is 2.36. The standard InChI is InChI=1S/C23H27ClF2N6O3/c1-13-10-31(22(33)35-23(3,4)5)14(2)9-30(13)19-18-16(34-21(25)26)11-32(20(18)29-12-28-19)17-8-15(24)6-7-27-17/h6-8,11-14,21H,9-10H2,1-5H3/t13-,14+/m0/s1. The first kappa shape index (κ1) is 24.9. The first-order chi connectivity index (χ1) is 16.4. The number of fused-ring (bicyclic) bond motifs is 1. The van der Waals surface area contributed by atoms with Crippen LogP contribution in [0.2, 0.25) is 5.02 Å². The molecule has 0 aliphatic carbocycles. The number of carbonyl (C=O) groups excluding carboxylic acids is 1. The lowest BCUT2D eigenvalue weighted by Crippen LogP contribution is -2.59. The van der Waals surface area contributed by atoms with E-state index >= 15 is 0 Å². The Bertz CT molecular complexity index is 1230. The topological polar surface area (TPSA) is 85.6 Å². The van der Waals surface area contributed by atoms with E-state index in [9.17, 15) is 13.6 Å². The van der Waals surface area contributed by atoms with Gasteiger partial charge in [-0.15, -0.1) is 0 Å². The van der Waals surface area contributed by atoms with Crippen LogP contribution in [0.3, 0.4) is 0 Å². The Kier molecular flexibility index (Phi) is 6.72.